The molecule has 2 heterocycles. The minimum Gasteiger partial charge on any atom is -0.478 e. The van der Waals surface area contributed by atoms with Crippen LogP contribution in [-0.2, 0) is 39.1 Å². The van der Waals surface area contributed by atoms with Gasteiger partial charge in [-0.1, -0.05) is 5.16 Å². The van der Waals surface area contributed by atoms with E-state index in [2.05, 4.69) is 20.2 Å². The third-order valence-electron chi connectivity index (χ3n) is 3.89. The summed E-state index contributed by atoms with van der Waals surface area (Å²) in [5.41, 5.74) is 2.92. The van der Waals surface area contributed by atoms with E-state index in [9.17, 15) is 27.6 Å². The van der Waals surface area contributed by atoms with Crippen molar-refractivity contribution in [2.24, 2.45) is 5.16 Å². The number of nitrogens with zero attached hydrogens (tertiary/aromatic N) is 3. The summed E-state index contributed by atoms with van der Waals surface area (Å²) in [6.45, 7) is 2.30. The van der Waals surface area contributed by atoms with E-state index in [4.69, 9.17) is 20.2 Å². The van der Waals surface area contributed by atoms with E-state index in [1.54, 1.807) is 0 Å². The Morgan fingerprint density at radius 1 is 1.39 bits per heavy atom. The standard InChI is InChI=1S/C14H17N5O10S2/c1-14(2,12(23)24)29-18-6(5-4-30-13(15)16-5)9(20)17-7-8(11(22)28-3)19(10(7)21)31(25,26)27/h4,7-8H,1-3H3,(H2,15,16)(H,17,20)(H,23,24)(H,25,26,27)/b18-6-. The van der Waals surface area contributed by atoms with Crippen molar-refractivity contribution >= 4 is 56.2 Å². The zero-order valence-electron chi connectivity index (χ0n) is 16.1. The lowest BCUT2D eigenvalue weighted by atomic mass is 9.98. The molecule has 2 atom stereocenters. The predicted octanol–water partition coefficient (Wildman–Crippen LogP) is -2.02. The van der Waals surface area contributed by atoms with E-state index in [-0.39, 0.29) is 15.1 Å². The molecule has 2 rings (SSSR count). The lowest BCUT2D eigenvalue weighted by Crippen LogP contribution is -2.74. The second-order valence-corrected chi connectivity index (χ2v) is 8.63. The average Bonchev–Trinajstić information content (AvgIpc) is 3.07. The molecule has 1 aromatic rings. The van der Waals surface area contributed by atoms with Crippen LogP contribution in [0.15, 0.2) is 10.5 Å². The fourth-order valence-electron chi connectivity index (χ4n) is 2.22. The number of anilines is 1. The third kappa shape index (κ3) is 4.89. The molecular formula is C14H17N5O10S2. The van der Waals surface area contributed by atoms with Gasteiger partial charge < -0.3 is 25.7 Å². The highest BCUT2D eigenvalue weighted by molar-refractivity contribution is 7.84. The summed E-state index contributed by atoms with van der Waals surface area (Å²) in [4.78, 5) is 56.6. The van der Waals surface area contributed by atoms with Gasteiger partial charge in [0, 0.05) is 5.38 Å². The number of oxime groups is 1. The molecule has 2 amide bonds. The average molecular weight is 479 g/mol. The summed E-state index contributed by atoms with van der Waals surface area (Å²) in [5, 5.41) is 16.0. The number of carbonyl (C=O) groups excluding carboxylic acids is 3. The lowest BCUT2D eigenvalue weighted by Gasteiger charge is -2.41. The molecule has 1 aliphatic heterocycles. The summed E-state index contributed by atoms with van der Waals surface area (Å²) in [6, 6.07) is -3.62. The molecule has 1 saturated heterocycles. The highest BCUT2D eigenvalue weighted by atomic mass is 32.2. The van der Waals surface area contributed by atoms with Crippen molar-refractivity contribution in [1.29, 1.82) is 0 Å². The Bertz CT molecular complexity index is 1060. The third-order valence-corrected chi connectivity index (χ3v) is 5.47. The topological polar surface area (TPSA) is 228 Å². The number of nitrogens with one attached hydrogen (secondary N) is 1. The summed E-state index contributed by atoms with van der Waals surface area (Å²) in [5.74, 6) is -5.14. The van der Waals surface area contributed by atoms with Crippen LogP contribution in [0.3, 0.4) is 0 Å². The number of methoxy groups -OCH3 is 1. The van der Waals surface area contributed by atoms with Crippen LogP contribution in [0.4, 0.5) is 5.13 Å². The molecule has 1 aliphatic rings. The van der Waals surface area contributed by atoms with Crippen LogP contribution in [-0.4, -0.2) is 81.6 Å². The van der Waals surface area contributed by atoms with Crippen LogP contribution < -0.4 is 11.1 Å². The highest BCUT2D eigenvalue weighted by Gasteiger charge is 2.58. The number of hydrogen-bond acceptors (Lipinski definition) is 12. The van der Waals surface area contributed by atoms with Crippen LogP contribution in [0.25, 0.3) is 0 Å². The number of aliphatic carboxylic acids is 1. The van der Waals surface area contributed by atoms with Gasteiger partial charge in [0.05, 0.1) is 7.11 Å². The normalized spacial score (nSPS) is 19.4. The number of β-lactam (4-membered cyclic amide) rings is 1. The maximum atomic E-state index is 12.7. The van der Waals surface area contributed by atoms with Crippen molar-refractivity contribution in [3.63, 3.8) is 0 Å². The fourth-order valence-corrected chi connectivity index (χ4v) is 3.61. The van der Waals surface area contributed by atoms with Gasteiger partial charge in [0.1, 0.15) is 11.7 Å². The first-order chi connectivity index (χ1) is 14.2. The van der Waals surface area contributed by atoms with Gasteiger partial charge in [-0.25, -0.2) is 14.6 Å². The minimum absolute atomic E-state index is 0.0256. The van der Waals surface area contributed by atoms with E-state index < -0.39 is 57.5 Å². The van der Waals surface area contributed by atoms with Crippen LogP contribution in [0, 0.1) is 0 Å². The quantitative estimate of drug-likeness (QED) is 0.104. The van der Waals surface area contributed by atoms with E-state index in [1.165, 1.54) is 5.38 Å². The van der Waals surface area contributed by atoms with E-state index >= 15 is 0 Å². The Kier molecular flexibility index (Phi) is 6.52. The van der Waals surface area contributed by atoms with E-state index in [1.807, 2.05) is 0 Å². The number of carbonyl (C=O) groups is 4. The van der Waals surface area contributed by atoms with Crippen molar-refractivity contribution in [2.45, 2.75) is 31.5 Å². The van der Waals surface area contributed by atoms with Crippen LogP contribution >= 0.6 is 11.3 Å². The molecule has 0 aromatic carbocycles. The van der Waals surface area contributed by atoms with Crippen molar-refractivity contribution < 1.29 is 46.8 Å². The van der Waals surface area contributed by atoms with Crippen LogP contribution in [0.1, 0.15) is 19.5 Å². The lowest BCUT2D eigenvalue weighted by molar-refractivity contribution is -0.162. The molecule has 1 fully saturated rings. The Labute approximate surface area is 178 Å². The molecule has 15 nitrogen and oxygen atoms in total. The van der Waals surface area contributed by atoms with Crippen LogP contribution in [0.5, 0.6) is 0 Å². The smallest absolute Gasteiger partial charge is 0.363 e. The van der Waals surface area contributed by atoms with Gasteiger partial charge in [-0.2, -0.15) is 12.7 Å². The number of nitrogen functional groups attached to an aromatic ring is 1. The second-order valence-electron chi connectivity index (χ2n) is 6.45. The number of hydrogen-bond donors (Lipinski definition) is 4. The van der Waals surface area contributed by atoms with Gasteiger partial charge >= 0.3 is 22.2 Å². The minimum atomic E-state index is -5.11. The van der Waals surface area contributed by atoms with E-state index in [0.29, 0.717) is 0 Å². The molecule has 0 spiro atoms. The van der Waals surface area contributed by atoms with Crippen molar-refractivity contribution in [3.05, 3.63) is 11.1 Å². The SMILES string of the molecule is COC(=O)C1C(NC(=O)/C(=N\OC(C)(C)C(=O)O)c2csc(N)n2)C(=O)N1S(=O)(=O)O. The van der Waals surface area contributed by atoms with Gasteiger partial charge in [0.15, 0.2) is 16.9 Å². The molecule has 31 heavy (non-hydrogen) atoms. The molecular weight excluding hydrogens is 462 g/mol. The number of thiazole rings is 1. The van der Waals surface area contributed by atoms with Gasteiger partial charge in [-0.05, 0) is 13.8 Å². The Morgan fingerprint density at radius 3 is 2.45 bits per heavy atom. The maximum Gasteiger partial charge on any atom is 0.363 e. The Morgan fingerprint density at radius 2 is 2.00 bits per heavy atom. The zero-order chi connectivity index (χ0) is 23.7. The van der Waals surface area contributed by atoms with Crippen LogP contribution in [0.2, 0.25) is 0 Å². The highest BCUT2D eigenvalue weighted by Crippen LogP contribution is 2.25. The van der Waals surface area contributed by atoms with Gasteiger partial charge in [-0.3, -0.25) is 14.1 Å². The van der Waals surface area contributed by atoms with Gasteiger partial charge in [0.2, 0.25) is 5.60 Å². The van der Waals surface area contributed by atoms with Gasteiger partial charge in [0.25, 0.3) is 11.8 Å². The number of carboxylic acid groups (broad SMARTS) is 1. The Balaban J connectivity index is 2.36. The summed E-state index contributed by atoms with van der Waals surface area (Å²) >= 11 is 0.914. The number of ether oxygens (including phenoxy) is 1. The molecule has 0 aliphatic carbocycles. The molecule has 170 valence electrons. The molecule has 17 heteroatoms. The number of carboxylic acids is 1. The molecule has 1 aromatic heterocycles. The number of aromatic nitrogens is 1. The second kappa shape index (κ2) is 8.44. The predicted molar refractivity (Wildman–Crippen MR) is 102 cm³/mol. The number of amides is 2. The fraction of sp³-hybridized carbons (Fsp3) is 0.429. The zero-order valence-corrected chi connectivity index (χ0v) is 17.8. The molecule has 0 bridgehead atoms. The van der Waals surface area contributed by atoms with Gasteiger partial charge in [-0.15, -0.1) is 11.3 Å². The summed E-state index contributed by atoms with van der Waals surface area (Å²) in [7, 11) is -4.21. The largest absolute Gasteiger partial charge is 0.478 e. The monoisotopic (exact) mass is 479 g/mol. The summed E-state index contributed by atoms with van der Waals surface area (Å²) < 4.78 is 36.0. The Hall–Kier alpha value is -3.31. The number of nitrogens with two attached hydrogens (primary N) is 1. The first kappa shape index (κ1) is 24.0. The first-order valence-electron chi connectivity index (χ1n) is 8.11. The van der Waals surface area contributed by atoms with E-state index in [0.717, 1.165) is 32.3 Å². The molecule has 2 unspecified atom stereocenters. The van der Waals surface area contributed by atoms with Crippen molar-refractivity contribution in [1.82, 2.24) is 14.6 Å². The first-order valence-corrected chi connectivity index (χ1v) is 10.4. The molecule has 0 radical (unpaired) electrons. The molecule has 5 N–H and O–H groups in total. The summed E-state index contributed by atoms with van der Waals surface area (Å²) in [6.07, 6.45) is 0. The number of rotatable bonds is 8. The molecule has 0 saturated carbocycles. The maximum absolute atomic E-state index is 12.7. The number of esters is 1. The van der Waals surface area contributed by atoms with Crippen molar-refractivity contribution in [3.8, 4) is 0 Å². The van der Waals surface area contributed by atoms with Crippen molar-refractivity contribution in [2.75, 3.05) is 12.8 Å².